The number of rotatable bonds is 2. The van der Waals surface area contributed by atoms with Crippen LogP contribution in [0.5, 0.6) is 0 Å². The Morgan fingerprint density at radius 3 is 3.10 bits per heavy atom. The molecule has 1 aliphatic carbocycles. The van der Waals surface area contributed by atoms with E-state index < -0.39 is 0 Å². The Kier molecular flexibility index (Phi) is 3.23. The van der Waals surface area contributed by atoms with Crippen LogP contribution in [0.2, 0.25) is 0 Å². The minimum atomic E-state index is 0.501. The molecule has 1 aromatic heterocycles. The molecule has 1 atom stereocenters. The van der Waals surface area contributed by atoms with Crippen LogP contribution in [-0.2, 0) is 12.8 Å². The molecule has 1 unspecified atom stereocenters. The molecule has 2 aliphatic rings. The van der Waals surface area contributed by atoms with Gasteiger partial charge in [-0.15, -0.1) is 11.3 Å². The van der Waals surface area contributed by atoms with Crippen molar-refractivity contribution >= 4 is 17.0 Å². The monoisotopic (exact) mass is 299 g/mol. The fourth-order valence-electron chi connectivity index (χ4n) is 3.52. The van der Waals surface area contributed by atoms with Crippen molar-refractivity contribution in [2.45, 2.75) is 31.7 Å². The predicted octanol–water partition coefficient (Wildman–Crippen LogP) is 3.40. The first-order chi connectivity index (χ1) is 10.3. The van der Waals surface area contributed by atoms with Crippen LogP contribution in [0.25, 0.3) is 10.6 Å². The Hall–Kier alpha value is -1.39. The van der Waals surface area contributed by atoms with Crippen molar-refractivity contribution in [3.05, 3.63) is 34.3 Å². The van der Waals surface area contributed by atoms with E-state index in [1.165, 1.54) is 45.2 Å². The number of thiazole rings is 1. The normalized spacial score (nSPS) is 20.5. The summed E-state index contributed by atoms with van der Waals surface area (Å²) < 4.78 is 0. The van der Waals surface area contributed by atoms with E-state index in [0.717, 1.165) is 19.4 Å². The average molecular weight is 299 g/mol. The maximum absolute atomic E-state index is 4.93. The molecule has 2 heterocycles. The van der Waals surface area contributed by atoms with Gasteiger partial charge in [-0.25, -0.2) is 4.98 Å². The van der Waals surface area contributed by atoms with Crippen molar-refractivity contribution in [3.8, 4) is 10.6 Å². The Balaban J connectivity index is 1.73. The SMILES string of the molecule is CNC1CCCc2nc(-c3ccc4c(c3)CCN4C)sc21. The van der Waals surface area contributed by atoms with Crippen molar-refractivity contribution in [1.29, 1.82) is 0 Å². The Morgan fingerprint density at radius 2 is 2.24 bits per heavy atom. The smallest absolute Gasteiger partial charge is 0.123 e. The molecule has 4 heteroatoms. The fraction of sp³-hybridized carbons (Fsp3) is 0.471. The van der Waals surface area contributed by atoms with E-state index in [1.54, 1.807) is 0 Å². The van der Waals surface area contributed by atoms with Crippen molar-refractivity contribution in [2.75, 3.05) is 25.5 Å². The molecule has 1 aliphatic heterocycles. The van der Waals surface area contributed by atoms with Gasteiger partial charge in [0.1, 0.15) is 5.01 Å². The number of likely N-dealkylation sites (N-methyl/N-ethyl adjacent to an activating group) is 1. The molecular weight excluding hydrogens is 278 g/mol. The van der Waals surface area contributed by atoms with Crippen LogP contribution in [0.15, 0.2) is 18.2 Å². The fourth-order valence-corrected chi connectivity index (χ4v) is 4.77. The molecule has 3 nitrogen and oxygen atoms in total. The van der Waals surface area contributed by atoms with Crippen LogP contribution in [0.3, 0.4) is 0 Å². The lowest BCUT2D eigenvalue weighted by Gasteiger charge is -2.19. The Morgan fingerprint density at radius 1 is 1.33 bits per heavy atom. The van der Waals surface area contributed by atoms with Crippen LogP contribution in [-0.4, -0.2) is 25.6 Å². The molecule has 0 amide bonds. The molecule has 0 bridgehead atoms. The highest BCUT2D eigenvalue weighted by Crippen LogP contribution is 2.39. The molecule has 4 rings (SSSR count). The minimum Gasteiger partial charge on any atom is -0.374 e. The Bertz CT molecular complexity index is 677. The zero-order chi connectivity index (χ0) is 14.4. The summed E-state index contributed by atoms with van der Waals surface area (Å²) in [5.41, 5.74) is 5.46. The first kappa shape index (κ1) is 13.3. The second-order valence-corrected chi connectivity index (χ2v) is 7.11. The van der Waals surface area contributed by atoms with Crippen LogP contribution in [0.4, 0.5) is 5.69 Å². The summed E-state index contributed by atoms with van der Waals surface area (Å²) in [6, 6.07) is 7.34. The first-order valence-electron chi connectivity index (χ1n) is 7.77. The number of nitrogens with one attached hydrogen (secondary N) is 1. The summed E-state index contributed by atoms with van der Waals surface area (Å²) >= 11 is 1.88. The van der Waals surface area contributed by atoms with E-state index >= 15 is 0 Å². The molecule has 110 valence electrons. The molecule has 2 aromatic rings. The van der Waals surface area contributed by atoms with Crippen molar-refractivity contribution in [2.24, 2.45) is 0 Å². The predicted molar refractivity (Wildman–Crippen MR) is 89.3 cm³/mol. The summed E-state index contributed by atoms with van der Waals surface area (Å²) in [4.78, 5) is 8.72. The third kappa shape index (κ3) is 2.17. The quantitative estimate of drug-likeness (QED) is 0.921. The highest BCUT2D eigenvalue weighted by Gasteiger charge is 2.24. The van der Waals surface area contributed by atoms with Gasteiger partial charge in [-0.05, 0) is 56.5 Å². The van der Waals surface area contributed by atoms with Gasteiger partial charge in [0, 0.05) is 35.8 Å². The summed E-state index contributed by atoms with van der Waals surface area (Å²) in [7, 11) is 4.23. The Labute approximate surface area is 130 Å². The maximum Gasteiger partial charge on any atom is 0.123 e. The number of hydrogen-bond donors (Lipinski definition) is 1. The molecule has 0 radical (unpaired) electrons. The van der Waals surface area contributed by atoms with E-state index in [0.29, 0.717) is 6.04 Å². The molecule has 1 aromatic carbocycles. The lowest BCUT2D eigenvalue weighted by Crippen LogP contribution is -2.19. The third-order valence-corrected chi connectivity index (χ3v) is 6.01. The molecule has 0 saturated carbocycles. The maximum atomic E-state index is 4.93. The summed E-state index contributed by atoms with van der Waals surface area (Å²) in [5, 5.41) is 4.63. The lowest BCUT2D eigenvalue weighted by molar-refractivity contribution is 0.501. The standard InChI is InChI=1S/C17H21N3S/c1-18-13-4-3-5-14-16(13)21-17(19-14)12-6-7-15-11(10-12)8-9-20(15)2/h6-7,10,13,18H,3-5,8-9H2,1-2H3. The highest BCUT2D eigenvalue weighted by molar-refractivity contribution is 7.15. The number of benzene rings is 1. The minimum absolute atomic E-state index is 0.501. The van der Waals surface area contributed by atoms with Crippen molar-refractivity contribution in [3.63, 3.8) is 0 Å². The van der Waals surface area contributed by atoms with Gasteiger partial charge in [0.05, 0.1) is 5.69 Å². The summed E-state index contributed by atoms with van der Waals surface area (Å²) in [6.07, 6.45) is 4.78. The number of anilines is 1. The van der Waals surface area contributed by atoms with E-state index in [-0.39, 0.29) is 0 Å². The first-order valence-corrected chi connectivity index (χ1v) is 8.59. The molecule has 1 N–H and O–H groups in total. The van der Waals surface area contributed by atoms with Gasteiger partial charge in [0.2, 0.25) is 0 Å². The number of hydrogen-bond acceptors (Lipinski definition) is 4. The van der Waals surface area contributed by atoms with Crippen molar-refractivity contribution < 1.29 is 0 Å². The van der Waals surface area contributed by atoms with Crippen LogP contribution < -0.4 is 10.2 Å². The van der Waals surface area contributed by atoms with E-state index in [1.807, 2.05) is 11.3 Å². The molecule has 21 heavy (non-hydrogen) atoms. The second-order valence-electron chi connectivity index (χ2n) is 6.08. The topological polar surface area (TPSA) is 28.2 Å². The number of aryl methyl sites for hydroxylation is 1. The van der Waals surface area contributed by atoms with Gasteiger partial charge in [0.15, 0.2) is 0 Å². The zero-order valence-electron chi connectivity index (χ0n) is 12.6. The third-order valence-electron chi connectivity index (χ3n) is 4.75. The van der Waals surface area contributed by atoms with Gasteiger partial charge in [0.25, 0.3) is 0 Å². The van der Waals surface area contributed by atoms with Gasteiger partial charge >= 0.3 is 0 Å². The van der Waals surface area contributed by atoms with Crippen LogP contribution >= 0.6 is 11.3 Å². The zero-order valence-corrected chi connectivity index (χ0v) is 13.5. The van der Waals surface area contributed by atoms with Gasteiger partial charge in [-0.2, -0.15) is 0 Å². The molecule has 0 fully saturated rings. The molecular formula is C17H21N3S. The van der Waals surface area contributed by atoms with Crippen LogP contribution in [0.1, 0.15) is 35.0 Å². The highest BCUT2D eigenvalue weighted by atomic mass is 32.1. The van der Waals surface area contributed by atoms with Gasteiger partial charge in [-0.1, -0.05) is 0 Å². The summed E-state index contributed by atoms with van der Waals surface area (Å²) in [6.45, 7) is 1.13. The lowest BCUT2D eigenvalue weighted by atomic mass is 9.98. The van der Waals surface area contributed by atoms with Crippen LogP contribution in [0, 0.1) is 0 Å². The van der Waals surface area contributed by atoms with Crippen molar-refractivity contribution in [1.82, 2.24) is 10.3 Å². The molecule has 0 spiro atoms. The van der Waals surface area contributed by atoms with Gasteiger partial charge in [-0.3, -0.25) is 0 Å². The van der Waals surface area contributed by atoms with E-state index in [2.05, 4.69) is 42.5 Å². The van der Waals surface area contributed by atoms with E-state index in [9.17, 15) is 0 Å². The largest absolute Gasteiger partial charge is 0.374 e. The van der Waals surface area contributed by atoms with E-state index in [4.69, 9.17) is 4.98 Å². The number of nitrogens with zero attached hydrogens (tertiary/aromatic N) is 2. The number of fused-ring (bicyclic) bond motifs is 2. The summed E-state index contributed by atoms with van der Waals surface area (Å²) in [5.74, 6) is 0. The van der Waals surface area contributed by atoms with Gasteiger partial charge < -0.3 is 10.2 Å². The average Bonchev–Trinajstić information content (AvgIpc) is 3.10. The second kappa shape index (κ2) is 5.11. The molecule has 0 saturated heterocycles. The number of aromatic nitrogens is 1.